The van der Waals surface area contributed by atoms with Crippen LogP contribution in [0.4, 0.5) is 5.95 Å². The summed E-state index contributed by atoms with van der Waals surface area (Å²) in [6.45, 7) is 7.41. The summed E-state index contributed by atoms with van der Waals surface area (Å²) in [4.78, 5) is 20.4. The van der Waals surface area contributed by atoms with Gasteiger partial charge in [0.2, 0.25) is 5.95 Å². The average molecular weight is 298 g/mol. The normalized spacial score (nSPS) is 10.5. The minimum atomic E-state index is -0.172. The second kappa shape index (κ2) is 7.54. The van der Waals surface area contributed by atoms with Gasteiger partial charge in [-0.1, -0.05) is 43.7 Å². The van der Waals surface area contributed by atoms with Crippen molar-refractivity contribution < 1.29 is 4.79 Å². The maximum atomic E-state index is 12.0. The molecule has 0 fully saturated rings. The van der Waals surface area contributed by atoms with Gasteiger partial charge in [0, 0.05) is 19.3 Å². The lowest BCUT2D eigenvalue weighted by atomic mass is 10.1. The first-order valence-electron chi connectivity index (χ1n) is 7.45. The van der Waals surface area contributed by atoms with Crippen molar-refractivity contribution in [2.45, 2.75) is 27.3 Å². The van der Waals surface area contributed by atoms with E-state index in [9.17, 15) is 4.79 Å². The summed E-state index contributed by atoms with van der Waals surface area (Å²) in [5.41, 5.74) is 2.75. The van der Waals surface area contributed by atoms with E-state index < -0.39 is 0 Å². The second-order valence-electron chi connectivity index (χ2n) is 5.71. The zero-order chi connectivity index (χ0) is 15.9. The lowest BCUT2D eigenvalue weighted by molar-refractivity contribution is 0.0944. The van der Waals surface area contributed by atoms with Gasteiger partial charge in [0.1, 0.15) is 5.69 Å². The Kier molecular flexibility index (Phi) is 5.47. The molecule has 0 aliphatic carbocycles. The molecule has 22 heavy (non-hydrogen) atoms. The van der Waals surface area contributed by atoms with Crippen molar-refractivity contribution in [1.82, 2.24) is 15.3 Å². The van der Waals surface area contributed by atoms with Crippen molar-refractivity contribution in [3.05, 3.63) is 53.3 Å². The number of benzene rings is 1. The van der Waals surface area contributed by atoms with Gasteiger partial charge in [-0.3, -0.25) is 4.79 Å². The molecule has 0 saturated carbocycles. The zero-order valence-electron chi connectivity index (χ0n) is 13.3. The van der Waals surface area contributed by atoms with E-state index in [2.05, 4.69) is 65.6 Å². The quantitative estimate of drug-likeness (QED) is 0.860. The van der Waals surface area contributed by atoms with Crippen molar-refractivity contribution in [2.75, 3.05) is 11.9 Å². The summed E-state index contributed by atoms with van der Waals surface area (Å²) in [6.07, 6.45) is 1.59. The van der Waals surface area contributed by atoms with Crippen LogP contribution >= 0.6 is 0 Å². The van der Waals surface area contributed by atoms with Crippen LogP contribution in [0.25, 0.3) is 0 Å². The minimum Gasteiger partial charge on any atom is -0.350 e. The molecule has 1 amide bonds. The van der Waals surface area contributed by atoms with Gasteiger partial charge >= 0.3 is 0 Å². The Bertz CT molecular complexity index is 623. The molecule has 0 saturated heterocycles. The highest BCUT2D eigenvalue weighted by atomic mass is 16.1. The molecule has 116 valence electrons. The summed E-state index contributed by atoms with van der Waals surface area (Å²) in [5.74, 6) is 0.692. The molecular weight excluding hydrogens is 276 g/mol. The predicted molar refractivity (Wildman–Crippen MR) is 87.7 cm³/mol. The number of aryl methyl sites for hydroxylation is 1. The molecule has 5 nitrogen and oxygen atoms in total. The number of hydrogen-bond donors (Lipinski definition) is 2. The Balaban J connectivity index is 1.96. The van der Waals surface area contributed by atoms with Crippen molar-refractivity contribution in [3.8, 4) is 0 Å². The first kappa shape index (κ1) is 15.9. The van der Waals surface area contributed by atoms with Crippen molar-refractivity contribution in [1.29, 1.82) is 0 Å². The van der Waals surface area contributed by atoms with Crippen LogP contribution in [0.15, 0.2) is 36.5 Å². The maximum Gasteiger partial charge on any atom is 0.270 e. The number of aromatic nitrogens is 2. The molecule has 2 aromatic rings. The zero-order valence-corrected chi connectivity index (χ0v) is 13.3. The Labute approximate surface area is 131 Å². The van der Waals surface area contributed by atoms with Crippen LogP contribution in [0, 0.1) is 12.8 Å². The van der Waals surface area contributed by atoms with E-state index in [-0.39, 0.29) is 5.91 Å². The van der Waals surface area contributed by atoms with E-state index in [1.165, 1.54) is 5.56 Å². The Morgan fingerprint density at radius 2 is 1.91 bits per heavy atom. The fourth-order valence-corrected chi connectivity index (χ4v) is 1.84. The number of rotatable bonds is 6. The Morgan fingerprint density at radius 3 is 2.59 bits per heavy atom. The topological polar surface area (TPSA) is 66.9 Å². The van der Waals surface area contributed by atoms with Crippen molar-refractivity contribution >= 4 is 11.9 Å². The third-order valence-electron chi connectivity index (χ3n) is 3.13. The van der Waals surface area contributed by atoms with E-state index in [1.807, 2.05) is 0 Å². The third kappa shape index (κ3) is 4.84. The number of carbonyl (C=O) groups excluding carboxylic acids is 1. The first-order valence-corrected chi connectivity index (χ1v) is 7.45. The predicted octanol–water partition coefficient (Wildman–Crippen LogP) is 2.78. The van der Waals surface area contributed by atoms with Gasteiger partial charge in [-0.25, -0.2) is 9.97 Å². The number of nitrogens with zero attached hydrogens (tertiary/aromatic N) is 2. The highest BCUT2D eigenvalue weighted by molar-refractivity contribution is 5.92. The van der Waals surface area contributed by atoms with Gasteiger partial charge in [-0.2, -0.15) is 0 Å². The minimum absolute atomic E-state index is 0.172. The van der Waals surface area contributed by atoms with Crippen LogP contribution in [-0.4, -0.2) is 22.4 Å². The number of anilines is 1. The summed E-state index contributed by atoms with van der Waals surface area (Å²) in [7, 11) is 0. The van der Waals surface area contributed by atoms with Gasteiger partial charge in [0.15, 0.2) is 0 Å². The van der Waals surface area contributed by atoms with Gasteiger partial charge < -0.3 is 10.6 Å². The monoisotopic (exact) mass is 298 g/mol. The van der Waals surface area contributed by atoms with Crippen molar-refractivity contribution in [2.24, 2.45) is 5.92 Å². The van der Waals surface area contributed by atoms with Crippen LogP contribution in [0.3, 0.4) is 0 Å². The molecular formula is C17H22N4O. The van der Waals surface area contributed by atoms with Crippen LogP contribution in [0.5, 0.6) is 0 Å². The molecule has 2 rings (SSSR count). The fraction of sp³-hybridized carbons (Fsp3) is 0.353. The first-order chi connectivity index (χ1) is 10.5. The van der Waals surface area contributed by atoms with E-state index >= 15 is 0 Å². The summed E-state index contributed by atoms with van der Waals surface area (Å²) in [5, 5.41) is 5.99. The van der Waals surface area contributed by atoms with E-state index in [4.69, 9.17) is 0 Å². The molecule has 0 unspecified atom stereocenters. The summed E-state index contributed by atoms with van der Waals surface area (Å²) >= 11 is 0. The highest BCUT2D eigenvalue weighted by Gasteiger charge is 2.08. The van der Waals surface area contributed by atoms with Crippen LogP contribution in [-0.2, 0) is 6.54 Å². The molecule has 0 radical (unpaired) electrons. The molecule has 1 aromatic heterocycles. The van der Waals surface area contributed by atoms with E-state index in [1.54, 1.807) is 12.3 Å². The van der Waals surface area contributed by atoms with Gasteiger partial charge in [0.05, 0.1) is 0 Å². The molecule has 0 atom stereocenters. The molecule has 0 bridgehead atoms. The lowest BCUT2D eigenvalue weighted by Gasteiger charge is -2.09. The number of nitrogens with one attached hydrogen (secondary N) is 2. The average Bonchev–Trinajstić information content (AvgIpc) is 2.52. The largest absolute Gasteiger partial charge is 0.350 e. The number of hydrogen-bond acceptors (Lipinski definition) is 4. The maximum absolute atomic E-state index is 12.0. The number of amides is 1. The Morgan fingerprint density at radius 1 is 1.18 bits per heavy atom. The molecule has 2 N–H and O–H groups in total. The lowest BCUT2D eigenvalue weighted by Crippen LogP contribution is -2.28. The van der Waals surface area contributed by atoms with Crippen LogP contribution in [0.1, 0.15) is 35.5 Å². The standard InChI is InChI=1S/C17H22N4O/c1-12(2)10-19-16(22)15-8-9-18-17(21-15)20-11-14-6-4-13(3)5-7-14/h4-9,12H,10-11H2,1-3H3,(H,19,22)(H,18,20,21). The van der Waals surface area contributed by atoms with Crippen LogP contribution < -0.4 is 10.6 Å². The summed E-state index contributed by atoms with van der Waals surface area (Å²) in [6, 6.07) is 9.86. The third-order valence-corrected chi connectivity index (χ3v) is 3.13. The van der Waals surface area contributed by atoms with E-state index in [0.717, 1.165) is 5.56 Å². The van der Waals surface area contributed by atoms with E-state index in [0.29, 0.717) is 30.6 Å². The molecule has 1 heterocycles. The molecule has 0 aliphatic heterocycles. The van der Waals surface area contributed by atoms with Gasteiger partial charge in [-0.05, 0) is 24.5 Å². The molecule has 0 spiro atoms. The van der Waals surface area contributed by atoms with Crippen LogP contribution in [0.2, 0.25) is 0 Å². The SMILES string of the molecule is Cc1ccc(CNc2nccc(C(=O)NCC(C)C)n2)cc1. The highest BCUT2D eigenvalue weighted by Crippen LogP contribution is 2.06. The van der Waals surface area contributed by atoms with Crippen molar-refractivity contribution in [3.63, 3.8) is 0 Å². The van der Waals surface area contributed by atoms with Gasteiger partial charge in [-0.15, -0.1) is 0 Å². The Hall–Kier alpha value is -2.43. The van der Waals surface area contributed by atoms with Gasteiger partial charge in [0.25, 0.3) is 5.91 Å². The second-order valence-corrected chi connectivity index (χ2v) is 5.71. The summed E-state index contributed by atoms with van der Waals surface area (Å²) < 4.78 is 0. The number of carbonyl (C=O) groups is 1. The molecule has 0 aliphatic rings. The fourth-order valence-electron chi connectivity index (χ4n) is 1.84. The smallest absolute Gasteiger partial charge is 0.270 e. The molecule has 1 aromatic carbocycles. The molecule has 5 heteroatoms.